The zero-order valence-electron chi connectivity index (χ0n) is 10.0. The molecule has 0 amide bonds. The van der Waals surface area contributed by atoms with Crippen LogP contribution in [0.5, 0.6) is 5.75 Å². The highest BCUT2D eigenvalue weighted by Gasteiger charge is 2.08. The second-order valence-corrected chi connectivity index (χ2v) is 5.39. The fourth-order valence-electron chi connectivity index (χ4n) is 1.54. The Morgan fingerprint density at radius 3 is 2.76 bits per heavy atom. The van der Waals surface area contributed by atoms with E-state index in [1.54, 1.807) is 7.11 Å². The van der Waals surface area contributed by atoms with Crippen molar-refractivity contribution in [3.63, 3.8) is 0 Å². The predicted octanol–water partition coefficient (Wildman–Crippen LogP) is 2.99. The second kappa shape index (κ2) is 4.98. The Morgan fingerprint density at radius 1 is 1.35 bits per heavy atom. The van der Waals surface area contributed by atoms with Crippen LogP contribution >= 0.6 is 24.2 Å². The molecule has 0 atom stereocenters. The Kier molecular flexibility index (Phi) is 3.59. The van der Waals surface area contributed by atoms with E-state index in [4.69, 9.17) is 17.0 Å². The van der Waals surface area contributed by atoms with Gasteiger partial charge in [0.15, 0.2) is 4.32 Å². The highest BCUT2D eigenvalue weighted by atomic mass is 32.2. The Morgan fingerprint density at radius 2 is 2.12 bits per heavy atom. The van der Waals surface area contributed by atoms with Crippen molar-refractivity contribution < 1.29 is 4.74 Å². The van der Waals surface area contributed by atoms with E-state index in [9.17, 15) is 0 Å². The first kappa shape index (κ1) is 12.3. The summed E-state index contributed by atoms with van der Waals surface area (Å²) in [7, 11) is 5.58. The van der Waals surface area contributed by atoms with Crippen molar-refractivity contribution >= 4 is 39.4 Å². The molecule has 0 aliphatic heterocycles. The highest BCUT2D eigenvalue weighted by Crippen LogP contribution is 2.29. The van der Waals surface area contributed by atoms with Gasteiger partial charge in [0.2, 0.25) is 0 Å². The predicted molar refractivity (Wildman–Crippen MR) is 77.8 cm³/mol. The normalized spacial score (nSPS) is 10.5. The minimum Gasteiger partial charge on any atom is -0.496 e. The van der Waals surface area contributed by atoms with Crippen molar-refractivity contribution in [3.8, 4) is 5.75 Å². The molecule has 3 nitrogen and oxygen atoms in total. The molecule has 5 heteroatoms. The van der Waals surface area contributed by atoms with Gasteiger partial charge in [-0.25, -0.2) is 0 Å². The van der Waals surface area contributed by atoms with Gasteiger partial charge in [-0.2, -0.15) is 0 Å². The van der Waals surface area contributed by atoms with Gasteiger partial charge in [-0.3, -0.25) is 3.97 Å². The number of ether oxygens (including phenoxy) is 1. The van der Waals surface area contributed by atoms with Crippen LogP contribution in [-0.4, -0.2) is 34.4 Å². The van der Waals surface area contributed by atoms with Crippen LogP contribution in [0.3, 0.4) is 0 Å². The summed E-state index contributed by atoms with van der Waals surface area (Å²) in [5.74, 6) is 0.887. The molecule has 90 valence electrons. The fraction of sp³-hybridized carbons (Fsp3) is 0.250. The Labute approximate surface area is 110 Å². The van der Waals surface area contributed by atoms with Crippen molar-refractivity contribution in [2.45, 2.75) is 0 Å². The highest BCUT2D eigenvalue weighted by molar-refractivity contribution is 8.22. The SMILES string of the molecule is COc1cccc2c1ccn2SC(=S)N(C)C. The van der Waals surface area contributed by atoms with E-state index in [1.807, 2.05) is 43.4 Å². The third-order valence-corrected chi connectivity index (χ3v) is 4.04. The first-order valence-corrected chi connectivity index (χ1v) is 6.35. The van der Waals surface area contributed by atoms with E-state index in [-0.39, 0.29) is 0 Å². The van der Waals surface area contributed by atoms with E-state index in [2.05, 4.69) is 10.0 Å². The van der Waals surface area contributed by atoms with Crippen LogP contribution in [0.25, 0.3) is 10.9 Å². The van der Waals surface area contributed by atoms with Gasteiger partial charge in [-0.1, -0.05) is 18.3 Å². The van der Waals surface area contributed by atoms with Crippen molar-refractivity contribution in [2.24, 2.45) is 0 Å². The van der Waals surface area contributed by atoms with Crippen LogP contribution in [0.15, 0.2) is 30.5 Å². The lowest BCUT2D eigenvalue weighted by Gasteiger charge is -2.13. The van der Waals surface area contributed by atoms with E-state index >= 15 is 0 Å². The number of nitrogens with zero attached hydrogens (tertiary/aromatic N) is 2. The summed E-state index contributed by atoms with van der Waals surface area (Å²) in [5, 5.41) is 1.10. The zero-order valence-corrected chi connectivity index (χ0v) is 11.6. The molecule has 1 heterocycles. The van der Waals surface area contributed by atoms with Gasteiger partial charge >= 0.3 is 0 Å². The monoisotopic (exact) mass is 266 g/mol. The molecule has 1 aromatic heterocycles. The standard InChI is InChI=1S/C12H14N2OS2/c1-13(2)12(16)17-14-8-7-9-10(14)5-4-6-11(9)15-3/h4-8H,1-3H3. The van der Waals surface area contributed by atoms with Crippen molar-refractivity contribution in [1.29, 1.82) is 0 Å². The van der Waals surface area contributed by atoms with Gasteiger partial charge < -0.3 is 9.64 Å². The van der Waals surface area contributed by atoms with Crippen molar-refractivity contribution in [1.82, 2.24) is 8.87 Å². The molecule has 1 aromatic carbocycles. The van der Waals surface area contributed by atoms with Crippen molar-refractivity contribution in [2.75, 3.05) is 21.2 Å². The lowest BCUT2D eigenvalue weighted by atomic mass is 10.2. The van der Waals surface area contributed by atoms with E-state index < -0.39 is 0 Å². The molecule has 0 saturated carbocycles. The van der Waals surface area contributed by atoms with Crippen LogP contribution in [0.2, 0.25) is 0 Å². The minimum absolute atomic E-state index is 0.824. The van der Waals surface area contributed by atoms with Crippen LogP contribution < -0.4 is 4.74 Å². The third-order valence-electron chi connectivity index (χ3n) is 2.42. The summed E-state index contributed by atoms with van der Waals surface area (Å²) in [6.45, 7) is 0. The maximum atomic E-state index is 5.33. The number of rotatable bonds is 2. The molecule has 0 aliphatic carbocycles. The number of benzene rings is 1. The van der Waals surface area contributed by atoms with Crippen LogP contribution in [-0.2, 0) is 0 Å². The molecule has 0 aliphatic rings. The van der Waals surface area contributed by atoms with E-state index in [0.29, 0.717) is 0 Å². The minimum atomic E-state index is 0.824. The van der Waals surface area contributed by atoms with Gasteiger partial charge in [0.1, 0.15) is 5.75 Å². The average molecular weight is 266 g/mol. The number of thiocarbonyl (C=S) groups is 1. The fourth-order valence-corrected chi connectivity index (χ4v) is 2.49. The number of hydrogen-bond acceptors (Lipinski definition) is 3. The molecule has 0 saturated heterocycles. The van der Waals surface area contributed by atoms with Gasteiger partial charge in [-0.05, 0) is 18.2 Å². The maximum Gasteiger partial charge on any atom is 0.156 e. The molecule has 0 fully saturated rings. The molecule has 17 heavy (non-hydrogen) atoms. The molecular formula is C12H14N2OS2. The number of aromatic nitrogens is 1. The van der Waals surface area contributed by atoms with Crippen LogP contribution in [0.1, 0.15) is 0 Å². The van der Waals surface area contributed by atoms with Gasteiger partial charge in [0.05, 0.1) is 12.6 Å². The lowest BCUT2D eigenvalue weighted by molar-refractivity contribution is 0.420. The van der Waals surface area contributed by atoms with Crippen LogP contribution in [0, 0.1) is 0 Å². The number of fused-ring (bicyclic) bond motifs is 1. The molecule has 0 bridgehead atoms. The smallest absolute Gasteiger partial charge is 0.156 e. The third kappa shape index (κ3) is 2.40. The number of methoxy groups -OCH3 is 1. The Hall–Kier alpha value is -1.20. The first-order chi connectivity index (χ1) is 8.13. The van der Waals surface area contributed by atoms with E-state index in [0.717, 1.165) is 21.0 Å². The summed E-state index contributed by atoms with van der Waals surface area (Å²) in [4.78, 5) is 1.92. The largest absolute Gasteiger partial charge is 0.496 e. The van der Waals surface area contributed by atoms with Gasteiger partial charge in [-0.15, -0.1) is 0 Å². The van der Waals surface area contributed by atoms with Gasteiger partial charge in [0.25, 0.3) is 0 Å². The molecule has 0 N–H and O–H groups in total. The summed E-state index contributed by atoms with van der Waals surface area (Å²) in [6, 6.07) is 8.04. The zero-order chi connectivity index (χ0) is 12.4. The Bertz CT molecular complexity index is 548. The summed E-state index contributed by atoms with van der Waals surface area (Å²) >= 11 is 6.81. The Balaban J connectivity index is 2.40. The lowest BCUT2D eigenvalue weighted by Crippen LogP contribution is -2.17. The van der Waals surface area contributed by atoms with Gasteiger partial charge in [0, 0.05) is 37.6 Å². The maximum absolute atomic E-state index is 5.33. The number of hydrogen-bond donors (Lipinski definition) is 0. The summed E-state index contributed by atoms with van der Waals surface area (Å²) in [5.41, 5.74) is 1.11. The molecule has 0 radical (unpaired) electrons. The molecular weight excluding hydrogens is 252 g/mol. The van der Waals surface area contributed by atoms with Crippen molar-refractivity contribution in [3.05, 3.63) is 30.5 Å². The molecule has 2 rings (SSSR count). The summed E-state index contributed by atoms with van der Waals surface area (Å²) in [6.07, 6.45) is 2.01. The molecule has 0 spiro atoms. The van der Waals surface area contributed by atoms with Crippen LogP contribution in [0.4, 0.5) is 0 Å². The summed E-state index contributed by atoms with van der Waals surface area (Å²) < 4.78 is 8.21. The molecule has 0 unspecified atom stereocenters. The topological polar surface area (TPSA) is 17.4 Å². The first-order valence-electron chi connectivity index (χ1n) is 5.17. The molecule has 2 aromatic rings. The quantitative estimate of drug-likeness (QED) is 0.777. The average Bonchev–Trinajstić information content (AvgIpc) is 2.72. The van der Waals surface area contributed by atoms with E-state index in [1.165, 1.54) is 11.9 Å². The second-order valence-electron chi connectivity index (χ2n) is 3.79.